The molecule has 0 aliphatic carbocycles. The van der Waals surface area contributed by atoms with Gasteiger partial charge in [-0.25, -0.2) is 13.6 Å². The first-order valence-electron chi connectivity index (χ1n) is 7.88. The standard InChI is InChI=1S/C18H18ClF2N2OP/c1-25(2)15-6-4-3-5-11(15)12-7-8-14(17(21)16(12)20)23-10-9-13(22-19)18(23)24/h3-8,13,22H,9-10H2,1-2H3. The summed E-state index contributed by atoms with van der Waals surface area (Å²) in [4.78, 5) is 15.8. The number of anilines is 1. The quantitative estimate of drug-likeness (QED) is 0.643. The molecule has 1 N–H and O–H groups in total. The maximum atomic E-state index is 14.8. The third-order valence-electron chi connectivity index (χ3n) is 4.37. The molecular formula is C18H18ClF2N2OP. The van der Waals surface area contributed by atoms with Crippen molar-refractivity contribution in [2.24, 2.45) is 0 Å². The molecular weight excluding hydrogens is 365 g/mol. The van der Waals surface area contributed by atoms with Crippen molar-refractivity contribution in [1.29, 1.82) is 0 Å². The number of halogens is 3. The highest BCUT2D eigenvalue weighted by atomic mass is 35.5. The Bertz CT molecular complexity index is 816. The predicted octanol–water partition coefficient (Wildman–Crippen LogP) is 3.85. The lowest BCUT2D eigenvalue weighted by molar-refractivity contribution is -0.118. The van der Waals surface area contributed by atoms with E-state index in [0.717, 1.165) is 5.30 Å². The first-order valence-corrected chi connectivity index (χ1v) is 10.5. The van der Waals surface area contributed by atoms with Crippen LogP contribution in [0.3, 0.4) is 0 Å². The molecule has 0 aromatic heterocycles. The van der Waals surface area contributed by atoms with E-state index >= 15 is 0 Å². The first-order chi connectivity index (χ1) is 12.0. The summed E-state index contributed by atoms with van der Waals surface area (Å²) in [6.45, 7) is 4.43. The Morgan fingerprint density at radius 2 is 1.84 bits per heavy atom. The van der Waals surface area contributed by atoms with Crippen LogP contribution in [-0.2, 0) is 4.79 Å². The highest BCUT2D eigenvalue weighted by molar-refractivity contribution is 7.64. The molecule has 1 atom stereocenters. The van der Waals surface area contributed by atoms with Crippen LogP contribution in [0, 0.1) is 11.6 Å². The zero-order valence-corrected chi connectivity index (χ0v) is 15.5. The van der Waals surface area contributed by atoms with Gasteiger partial charge in [-0.1, -0.05) is 32.2 Å². The molecule has 0 radical (unpaired) electrons. The summed E-state index contributed by atoms with van der Waals surface area (Å²) in [6, 6.07) is 9.87. The summed E-state index contributed by atoms with van der Waals surface area (Å²) in [7, 11) is -0.470. The molecule has 0 spiro atoms. The summed E-state index contributed by atoms with van der Waals surface area (Å²) in [5, 5.41) is 1.01. The van der Waals surface area contributed by atoms with Crippen LogP contribution >= 0.6 is 19.7 Å². The number of amides is 1. The molecule has 1 saturated heterocycles. The lowest BCUT2D eigenvalue weighted by Crippen LogP contribution is -2.34. The second kappa shape index (κ2) is 7.36. The number of carbonyl (C=O) groups excluding carboxylic acids is 1. The van der Waals surface area contributed by atoms with E-state index in [1.807, 2.05) is 18.2 Å². The third-order valence-corrected chi connectivity index (χ3v) is 5.98. The minimum atomic E-state index is -1.01. The van der Waals surface area contributed by atoms with Crippen LogP contribution in [0.5, 0.6) is 0 Å². The molecule has 132 valence electrons. The highest BCUT2D eigenvalue weighted by Gasteiger charge is 2.34. The predicted molar refractivity (Wildman–Crippen MR) is 99.9 cm³/mol. The highest BCUT2D eigenvalue weighted by Crippen LogP contribution is 2.35. The van der Waals surface area contributed by atoms with Crippen LogP contribution in [0.1, 0.15) is 6.42 Å². The molecule has 0 bridgehead atoms. The smallest absolute Gasteiger partial charge is 0.245 e. The molecule has 2 aromatic rings. The van der Waals surface area contributed by atoms with Gasteiger partial charge in [0.1, 0.15) is 6.04 Å². The molecule has 7 heteroatoms. The minimum Gasteiger partial charge on any atom is -0.308 e. The van der Waals surface area contributed by atoms with Crippen LogP contribution in [0.2, 0.25) is 0 Å². The van der Waals surface area contributed by atoms with Gasteiger partial charge in [0.2, 0.25) is 5.91 Å². The van der Waals surface area contributed by atoms with E-state index in [2.05, 4.69) is 18.2 Å². The maximum absolute atomic E-state index is 14.8. The number of nitrogens with zero attached hydrogens (tertiary/aromatic N) is 1. The Balaban J connectivity index is 2.04. The van der Waals surface area contributed by atoms with Crippen molar-refractivity contribution in [1.82, 2.24) is 4.84 Å². The number of hydrogen-bond donors (Lipinski definition) is 1. The van der Waals surface area contributed by atoms with Crippen molar-refractivity contribution in [3.8, 4) is 11.1 Å². The van der Waals surface area contributed by atoms with E-state index in [1.165, 1.54) is 11.0 Å². The lowest BCUT2D eigenvalue weighted by Gasteiger charge is -2.20. The molecule has 1 amide bonds. The van der Waals surface area contributed by atoms with Crippen molar-refractivity contribution in [2.45, 2.75) is 12.5 Å². The van der Waals surface area contributed by atoms with Gasteiger partial charge in [-0.2, -0.15) is 0 Å². The molecule has 25 heavy (non-hydrogen) atoms. The molecule has 1 fully saturated rings. The average Bonchev–Trinajstić information content (AvgIpc) is 2.98. The van der Waals surface area contributed by atoms with Gasteiger partial charge in [-0.3, -0.25) is 4.79 Å². The summed E-state index contributed by atoms with van der Waals surface area (Å²) < 4.78 is 29.5. The van der Waals surface area contributed by atoms with Crippen LogP contribution < -0.4 is 15.0 Å². The van der Waals surface area contributed by atoms with Crippen LogP contribution in [0.25, 0.3) is 11.1 Å². The second-order valence-corrected chi connectivity index (χ2v) is 8.60. The Labute approximate surface area is 151 Å². The Hall–Kier alpha value is -1.55. The monoisotopic (exact) mass is 382 g/mol. The molecule has 0 saturated carbocycles. The van der Waals surface area contributed by atoms with Gasteiger partial charge in [0, 0.05) is 12.1 Å². The number of benzene rings is 2. The number of nitrogens with one attached hydrogen (secondary N) is 1. The van der Waals surface area contributed by atoms with Gasteiger partial charge in [0.25, 0.3) is 0 Å². The Kier molecular flexibility index (Phi) is 5.38. The summed E-state index contributed by atoms with van der Waals surface area (Å²) in [5.74, 6) is -2.30. The van der Waals surface area contributed by atoms with Gasteiger partial charge in [0.15, 0.2) is 11.6 Å². The van der Waals surface area contributed by atoms with E-state index in [1.54, 1.807) is 12.1 Å². The van der Waals surface area contributed by atoms with Crippen molar-refractivity contribution in [3.05, 3.63) is 48.0 Å². The fourth-order valence-corrected chi connectivity index (χ4v) is 4.33. The van der Waals surface area contributed by atoms with Crippen molar-refractivity contribution in [3.63, 3.8) is 0 Å². The first kappa shape index (κ1) is 18.2. The van der Waals surface area contributed by atoms with E-state index in [-0.39, 0.29) is 17.2 Å². The number of hydrogen-bond acceptors (Lipinski definition) is 2. The zero-order valence-electron chi connectivity index (χ0n) is 13.9. The van der Waals surface area contributed by atoms with Crippen LogP contribution in [0.4, 0.5) is 14.5 Å². The molecule has 1 unspecified atom stereocenters. The number of rotatable bonds is 4. The molecule has 2 aromatic carbocycles. The number of carbonyl (C=O) groups is 1. The normalized spacial score (nSPS) is 17.6. The summed E-state index contributed by atoms with van der Waals surface area (Å²) in [6.07, 6.45) is 0.448. The maximum Gasteiger partial charge on any atom is 0.245 e. The molecule has 1 heterocycles. The molecule has 1 aliphatic rings. The molecule has 3 rings (SSSR count). The zero-order chi connectivity index (χ0) is 18.1. The molecule has 1 aliphatic heterocycles. The van der Waals surface area contributed by atoms with Crippen molar-refractivity contribution < 1.29 is 13.6 Å². The minimum absolute atomic E-state index is 0.0478. The van der Waals surface area contributed by atoms with E-state index in [4.69, 9.17) is 11.8 Å². The molecule has 3 nitrogen and oxygen atoms in total. The van der Waals surface area contributed by atoms with Gasteiger partial charge in [-0.15, -0.1) is 0 Å². The average molecular weight is 383 g/mol. The van der Waals surface area contributed by atoms with Crippen molar-refractivity contribution >= 4 is 36.6 Å². The Morgan fingerprint density at radius 1 is 1.12 bits per heavy atom. The summed E-state index contributed by atoms with van der Waals surface area (Å²) in [5.41, 5.74) is 0.856. The second-order valence-electron chi connectivity index (χ2n) is 6.11. The van der Waals surface area contributed by atoms with E-state index < -0.39 is 25.6 Å². The summed E-state index contributed by atoms with van der Waals surface area (Å²) >= 11 is 5.52. The third kappa shape index (κ3) is 3.29. The fourth-order valence-electron chi connectivity index (χ4n) is 3.07. The largest absolute Gasteiger partial charge is 0.308 e. The van der Waals surface area contributed by atoms with Crippen LogP contribution in [-0.4, -0.2) is 31.8 Å². The Morgan fingerprint density at radius 3 is 2.48 bits per heavy atom. The van der Waals surface area contributed by atoms with Gasteiger partial charge < -0.3 is 4.90 Å². The SMILES string of the molecule is CP(C)c1ccccc1-c1ccc(N2CCC(NCl)C2=O)c(F)c1F. The van der Waals surface area contributed by atoms with Gasteiger partial charge in [0.05, 0.1) is 5.69 Å². The van der Waals surface area contributed by atoms with Gasteiger partial charge in [-0.05, 0) is 54.5 Å². The topological polar surface area (TPSA) is 32.3 Å². The fraction of sp³-hybridized carbons (Fsp3) is 0.278. The van der Waals surface area contributed by atoms with E-state index in [0.29, 0.717) is 18.5 Å². The van der Waals surface area contributed by atoms with E-state index in [9.17, 15) is 13.6 Å². The van der Waals surface area contributed by atoms with Crippen LogP contribution in [0.15, 0.2) is 36.4 Å². The van der Waals surface area contributed by atoms with Gasteiger partial charge >= 0.3 is 0 Å². The lowest BCUT2D eigenvalue weighted by atomic mass is 10.0. The van der Waals surface area contributed by atoms with Crippen molar-refractivity contribution in [2.75, 3.05) is 24.8 Å².